The third-order valence-corrected chi connectivity index (χ3v) is 4.24. The first-order valence-corrected chi connectivity index (χ1v) is 7.63. The van der Waals surface area contributed by atoms with Crippen LogP contribution in [0.25, 0.3) is 0 Å². The Morgan fingerprint density at radius 2 is 2.11 bits per heavy atom. The second kappa shape index (κ2) is 6.82. The summed E-state index contributed by atoms with van der Waals surface area (Å²) in [7, 11) is 0. The Labute approximate surface area is 117 Å². The van der Waals surface area contributed by atoms with Gasteiger partial charge in [0.05, 0.1) is 0 Å². The van der Waals surface area contributed by atoms with Crippen molar-refractivity contribution in [1.82, 2.24) is 0 Å². The first-order valence-electron chi connectivity index (χ1n) is 6.47. The molecule has 0 amide bonds. The number of hydrogen-bond acceptors (Lipinski definition) is 4. The van der Waals surface area contributed by atoms with E-state index in [1.165, 1.54) is 0 Å². The van der Waals surface area contributed by atoms with Gasteiger partial charge in [0.1, 0.15) is 17.9 Å². The lowest BCUT2D eigenvalue weighted by atomic mass is 10.1. The molecule has 19 heavy (non-hydrogen) atoms. The molecule has 4 nitrogen and oxygen atoms in total. The number of nitrogens with two attached hydrogens (primary N) is 1. The molecule has 1 atom stereocenters. The number of rotatable bonds is 5. The summed E-state index contributed by atoms with van der Waals surface area (Å²) in [6, 6.07) is 6.68. The Kier molecular flexibility index (Phi) is 5.10. The van der Waals surface area contributed by atoms with E-state index >= 15 is 0 Å². The highest BCUT2D eigenvalue weighted by molar-refractivity contribution is 7.99. The number of ether oxygens (including phenoxy) is 1. The van der Waals surface area contributed by atoms with Crippen LogP contribution >= 0.6 is 11.8 Å². The normalized spacial score (nSPS) is 17.9. The lowest BCUT2D eigenvalue weighted by molar-refractivity contribution is -0.138. The molecule has 0 bridgehead atoms. The number of benzene rings is 1. The van der Waals surface area contributed by atoms with Gasteiger partial charge in [-0.3, -0.25) is 4.79 Å². The molecule has 1 heterocycles. The van der Waals surface area contributed by atoms with Crippen LogP contribution < -0.4 is 10.5 Å². The number of para-hydroxylation sites is 1. The van der Waals surface area contributed by atoms with Gasteiger partial charge < -0.3 is 15.6 Å². The maximum absolute atomic E-state index is 10.8. The van der Waals surface area contributed by atoms with Gasteiger partial charge in [0.15, 0.2) is 0 Å². The molecular weight excluding hydrogens is 262 g/mol. The van der Waals surface area contributed by atoms with Crippen LogP contribution in [0.2, 0.25) is 0 Å². The predicted octanol–water partition coefficient (Wildman–Crippen LogP) is 1.92. The van der Waals surface area contributed by atoms with Crippen LogP contribution in [0.1, 0.15) is 18.4 Å². The molecule has 1 aliphatic heterocycles. The van der Waals surface area contributed by atoms with E-state index in [9.17, 15) is 4.79 Å². The maximum Gasteiger partial charge on any atom is 0.320 e. The van der Waals surface area contributed by atoms with E-state index in [-0.39, 0.29) is 6.10 Å². The quantitative estimate of drug-likeness (QED) is 0.862. The zero-order chi connectivity index (χ0) is 13.7. The van der Waals surface area contributed by atoms with Crippen LogP contribution in [0.4, 0.5) is 0 Å². The summed E-state index contributed by atoms with van der Waals surface area (Å²) in [5, 5.41) is 8.89. The molecule has 104 valence electrons. The maximum atomic E-state index is 10.8. The summed E-state index contributed by atoms with van der Waals surface area (Å²) in [5.74, 6) is 2.04. The van der Waals surface area contributed by atoms with Crippen molar-refractivity contribution in [1.29, 1.82) is 0 Å². The molecule has 1 unspecified atom stereocenters. The van der Waals surface area contributed by atoms with Gasteiger partial charge in [0.2, 0.25) is 0 Å². The fourth-order valence-electron chi connectivity index (χ4n) is 2.09. The van der Waals surface area contributed by atoms with Crippen LogP contribution in [-0.2, 0) is 11.2 Å². The summed E-state index contributed by atoms with van der Waals surface area (Å²) in [6.45, 7) is 0. The summed E-state index contributed by atoms with van der Waals surface area (Å²) in [5.41, 5.74) is 6.46. The Hall–Kier alpha value is -1.20. The highest BCUT2D eigenvalue weighted by atomic mass is 32.2. The molecule has 0 aromatic heterocycles. The molecule has 1 saturated heterocycles. The third kappa shape index (κ3) is 4.14. The molecule has 0 aliphatic carbocycles. The predicted molar refractivity (Wildman–Crippen MR) is 76.7 cm³/mol. The smallest absolute Gasteiger partial charge is 0.320 e. The van der Waals surface area contributed by atoms with Crippen LogP contribution in [0.15, 0.2) is 24.3 Å². The third-order valence-electron chi connectivity index (χ3n) is 3.19. The SMILES string of the molecule is NC(Cc1ccccc1OC1CCSCC1)C(=O)O. The van der Waals surface area contributed by atoms with Crippen LogP contribution in [0.3, 0.4) is 0 Å². The highest BCUT2D eigenvalue weighted by Gasteiger charge is 2.19. The van der Waals surface area contributed by atoms with E-state index in [0.717, 1.165) is 35.7 Å². The van der Waals surface area contributed by atoms with Crippen molar-refractivity contribution in [2.75, 3.05) is 11.5 Å². The lowest BCUT2D eigenvalue weighted by Gasteiger charge is -2.24. The number of thioether (sulfide) groups is 1. The van der Waals surface area contributed by atoms with Gasteiger partial charge in [-0.2, -0.15) is 11.8 Å². The first-order chi connectivity index (χ1) is 9.16. The van der Waals surface area contributed by atoms with Crippen molar-refractivity contribution in [2.45, 2.75) is 31.4 Å². The molecule has 1 aliphatic rings. The second-order valence-corrected chi connectivity index (χ2v) is 5.91. The minimum absolute atomic E-state index is 0.239. The fraction of sp³-hybridized carbons (Fsp3) is 0.500. The monoisotopic (exact) mass is 281 g/mol. The van der Waals surface area contributed by atoms with Crippen molar-refractivity contribution in [3.8, 4) is 5.75 Å². The van der Waals surface area contributed by atoms with Gasteiger partial charge in [-0.25, -0.2) is 0 Å². The molecule has 0 spiro atoms. The molecule has 1 fully saturated rings. The Morgan fingerprint density at radius 3 is 2.79 bits per heavy atom. The van der Waals surface area contributed by atoms with Crippen LogP contribution in [-0.4, -0.2) is 34.7 Å². The van der Waals surface area contributed by atoms with Gasteiger partial charge in [-0.1, -0.05) is 18.2 Å². The van der Waals surface area contributed by atoms with E-state index < -0.39 is 12.0 Å². The van der Waals surface area contributed by atoms with Crippen LogP contribution in [0.5, 0.6) is 5.75 Å². The number of hydrogen-bond donors (Lipinski definition) is 2. The first kappa shape index (κ1) is 14.2. The Morgan fingerprint density at radius 1 is 1.42 bits per heavy atom. The van der Waals surface area contributed by atoms with E-state index in [4.69, 9.17) is 15.6 Å². The number of aliphatic carboxylic acids is 1. The zero-order valence-corrected chi connectivity index (χ0v) is 11.6. The van der Waals surface area contributed by atoms with E-state index in [2.05, 4.69) is 0 Å². The van der Waals surface area contributed by atoms with E-state index in [0.29, 0.717) is 6.42 Å². The van der Waals surface area contributed by atoms with Crippen molar-refractivity contribution < 1.29 is 14.6 Å². The summed E-state index contributed by atoms with van der Waals surface area (Å²) in [4.78, 5) is 10.8. The van der Waals surface area contributed by atoms with Crippen molar-refractivity contribution in [3.05, 3.63) is 29.8 Å². The average molecular weight is 281 g/mol. The highest BCUT2D eigenvalue weighted by Crippen LogP contribution is 2.26. The molecule has 3 N–H and O–H groups in total. The molecule has 0 saturated carbocycles. The molecule has 0 radical (unpaired) electrons. The largest absolute Gasteiger partial charge is 0.490 e. The molecule has 5 heteroatoms. The van der Waals surface area contributed by atoms with E-state index in [1.54, 1.807) is 0 Å². The Balaban J connectivity index is 2.04. The number of carbonyl (C=O) groups is 1. The minimum atomic E-state index is -0.983. The molecule has 1 aromatic rings. The van der Waals surface area contributed by atoms with Gasteiger partial charge in [0, 0.05) is 6.42 Å². The Bertz CT molecular complexity index is 432. The minimum Gasteiger partial charge on any atom is -0.490 e. The average Bonchev–Trinajstić information content (AvgIpc) is 2.42. The van der Waals surface area contributed by atoms with Gasteiger partial charge in [-0.05, 0) is 36.0 Å². The molecule has 2 rings (SSSR count). The second-order valence-electron chi connectivity index (χ2n) is 4.69. The summed E-state index contributed by atoms with van der Waals surface area (Å²) in [6.07, 6.45) is 2.63. The zero-order valence-electron chi connectivity index (χ0n) is 10.7. The van der Waals surface area contributed by atoms with Crippen molar-refractivity contribution >= 4 is 17.7 Å². The van der Waals surface area contributed by atoms with Gasteiger partial charge in [0.25, 0.3) is 0 Å². The molecular formula is C14H19NO3S. The number of carboxylic acid groups (broad SMARTS) is 1. The summed E-state index contributed by atoms with van der Waals surface area (Å²) >= 11 is 1.95. The van der Waals surface area contributed by atoms with Crippen molar-refractivity contribution in [2.24, 2.45) is 5.73 Å². The number of carboxylic acids is 1. The summed E-state index contributed by atoms with van der Waals surface area (Å²) < 4.78 is 6.01. The van der Waals surface area contributed by atoms with E-state index in [1.807, 2.05) is 36.0 Å². The topological polar surface area (TPSA) is 72.5 Å². The standard InChI is InChI=1S/C14H19NO3S/c15-12(14(16)17)9-10-3-1-2-4-13(10)18-11-5-7-19-8-6-11/h1-4,11-12H,5-9,15H2,(H,16,17). The lowest BCUT2D eigenvalue weighted by Crippen LogP contribution is -2.32. The fourth-order valence-corrected chi connectivity index (χ4v) is 3.15. The van der Waals surface area contributed by atoms with Gasteiger partial charge in [-0.15, -0.1) is 0 Å². The van der Waals surface area contributed by atoms with Gasteiger partial charge >= 0.3 is 5.97 Å². The van der Waals surface area contributed by atoms with Crippen LogP contribution in [0, 0.1) is 0 Å². The van der Waals surface area contributed by atoms with Crippen molar-refractivity contribution in [3.63, 3.8) is 0 Å². The molecule has 1 aromatic carbocycles.